The third-order valence-corrected chi connectivity index (χ3v) is 2.39. The molecule has 1 aromatic rings. The Balaban J connectivity index is 2.64. The van der Waals surface area contributed by atoms with Crippen LogP contribution in [0.25, 0.3) is 0 Å². The average molecular weight is 194 g/mol. The van der Waals surface area contributed by atoms with Gasteiger partial charge in [-0.1, -0.05) is 6.07 Å². The quantitative estimate of drug-likeness (QED) is 0.300. The highest BCUT2D eigenvalue weighted by atomic mass is 32.1. The van der Waals surface area contributed by atoms with E-state index in [9.17, 15) is 9.59 Å². The fourth-order valence-corrected chi connectivity index (χ4v) is 1.51. The number of ketones is 1. The minimum atomic E-state index is -0.531. The lowest BCUT2D eigenvalue weighted by Gasteiger charge is -1.95. The zero-order valence-corrected chi connectivity index (χ0v) is 7.89. The molecule has 0 aromatic carbocycles. The summed E-state index contributed by atoms with van der Waals surface area (Å²) in [6.45, 7) is 0. The minimum Gasteiger partial charge on any atom is -0.469 e. The molecule has 1 aromatic heterocycles. The van der Waals surface area contributed by atoms with Crippen molar-refractivity contribution in [1.82, 2.24) is 0 Å². The molecule has 0 unspecified atom stereocenters. The monoisotopic (exact) mass is 194 g/mol. The highest BCUT2D eigenvalue weighted by Crippen LogP contribution is 2.08. The maximum Gasteiger partial charge on any atom is 0.313 e. The first-order valence-corrected chi connectivity index (χ1v) is 4.40. The molecule has 0 aliphatic heterocycles. The Bertz CT molecular complexity index is 332. The van der Waals surface area contributed by atoms with Gasteiger partial charge in [-0.3, -0.25) is 9.59 Å². The summed E-state index contributed by atoms with van der Waals surface area (Å²) in [4.78, 5) is 22.5. The molecule has 13 heavy (non-hydrogen) atoms. The zero-order valence-electron chi connectivity index (χ0n) is 7.07. The summed E-state index contributed by atoms with van der Waals surface area (Å²) in [7, 11) is 6.68. The van der Waals surface area contributed by atoms with Crippen LogP contribution in [0.4, 0.5) is 0 Å². The van der Waals surface area contributed by atoms with Gasteiger partial charge in [0.2, 0.25) is 0 Å². The SMILES string of the molecule is [B]c1ccc(C(=O)CC(=O)OC)s1. The van der Waals surface area contributed by atoms with Gasteiger partial charge in [0.15, 0.2) is 5.78 Å². The summed E-state index contributed by atoms with van der Waals surface area (Å²) in [5.41, 5.74) is 0. The van der Waals surface area contributed by atoms with Gasteiger partial charge in [0, 0.05) is 0 Å². The lowest BCUT2D eigenvalue weighted by Crippen LogP contribution is -2.08. The van der Waals surface area contributed by atoms with E-state index in [2.05, 4.69) is 4.74 Å². The van der Waals surface area contributed by atoms with E-state index in [-0.39, 0.29) is 12.2 Å². The Hall–Kier alpha value is -1.10. The summed E-state index contributed by atoms with van der Waals surface area (Å²) in [6, 6.07) is 3.24. The van der Waals surface area contributed by atoms with Crippen molar-refractivity contribution in [2.24, 2.45) is 0 Å². The number of methoxy groups -OCH3 is 1. The molecule has 0 amide bonds. The molecule has 5 heteroatoms. The molecular formula is C8H7BO3S. The predicted molar refractivity (Wildman–Crippen MR) is 50.7 cm³/mol. The van der Waals surface area contributed by atoms with Crippen molar-refractivity contribution in [1.29, 1.82) is 0 Å². The van der Waals surface area contributed by atoms with Crippen molar-refractivity contribution in [3.8, 4) is 0 Å². The van der Waals surface area contributed by atoms with E-state index in [1.807, 2.05) is 0 Å². The molecule has 66 valence electrons. The van der Waals surface area contributed by atoms with Crippen LogP contribution in [0.1, 0.15) is 16.1 Å². The molecule has 0 spiro atoms. The van der Waals surface area contributed by atoms with Gasteiger partial charge in [0.1, 0.15) is 14.3 Å². The average Bonchev–Trinajstić information content (AvgIpc) is 2.51. The standard InChI is InChI=1S/C8H7BO3S/c1-12-8(11)4-5(10)6-2-3-7(9)13-6/h2-3H,4H2,1H3. The van der Waals surface area contributed by atoms with Crippen molar-refractivity contribution in [2.45, 2.75) is 6.42 Å². The van der Waals surface area contributed by atoms with Gasteiger partial charge >= 0.3 is 5.97 Å². The number of carbonyl (C=O) groups excluding carboxylic acids is 2. The van der Waals surface area contributed by atoms with Crippen LogP contribution < -0.4 is 4.78 Å². The first-order chi connectivity index (χ1) is 6.13. The molecule has 0 fully saturated rings. The third-order valence-electron chi connectivity index (χ3n) is 1.43. The fourth-order valence-electron chi connectivity index (χ4n) is 0.793. The number of ether oxygens (including phenoxy) is 1. The van der Waals surface area contributed by atoms with Crippen LogP contribution in [0.3, 0.4) is 0 Å². The Morgan fingerprint density at radius 3 is 2.69 bits per heavy atom. The molecule has 0 saturated heterocycles. The van der Waals surface area contributed by atoms with Crippen LogP contribution in [0.2, 0.25) is 0 Å². The number of thiophene rings is 1. The van der Waals surface area contributed by atoms with Crippen LogP contribution in [-0.4, -0.2) is 26.7 Å². The van der Waals surface area contributed by atoms with E-state index in [0.717, 1.165) is 0 Å². The number of rotatable bonds is 3. The van der Waals surface area contributed by atoms with E-state index in [1.165, 1.54) is 18.4 Å². The molecule has 1 rings (SSSR count). The second-order valence-corrected chi connectivity index (χ2v) is 3.49. The summed E-state index contributed by atoms with van der Waals surface area (Å²) >= 11 is 1.17. The lowest BCUT2D eigenvalue weighted by molar-refractivity contribution is -0.139. The van der Waals surface area contributed by atoms with Crippen LogP contribution in [0, 0.1) is 0 Å². The molecule has 0 N–H and O–H groups in total. The molecule has 0 aliphatic rings. The van der Waals surface area contributed by atoms with Gasteiger partial charge in [-0.05, 0) is 10.8 Å². The van der Waals surface area contributed by atoms with E-state index >= 15 is 0 Å². The number of Topliss-reactive ketones (excluding diaryl/α,β-unsaturated/α-hetero) is 1. The highest BCUT2D eigenvalue weighted by Gasteiger charge is 2.12. The van der Waals surface area contributed by atoms with Gasteiger partial charge in [-0.25, -0.2) is 0 Å². The van der Waals surface area contributed by atoms with Crippen molar-refractivity contribution in [2.75, 3.05) is 7.11 Å². The Morgan fingerprint density at radius 1 is 1.54 bits per heavy atom. The van der Waals surface area contributed by atoms with Crippen LogP contribution in [0.15, 0.2) is 12.1 Å². The Kier molecular flexibility index (Phi) is 3.25. The molecule has 3 nitrogen and oxygen atoms in total. The second kappa shape index (κ2) is 4.23. The topological polar surface area (TPSA) is 43.4 Å². The Morgan fingerprint density at radius 2 is 2.23 bits per heavy atom. The molecular weight excluding hydrogens is 187 g/mol. The lowest BCUT2D eigenvalue weighted by atomic mass is 10.1. The molecule has 0 bridgehead atoms. The van der Waals surface area contributed by atoms with E-state index in [1.54, 1.807) is 12.1 Å². The van der Waals surface area contributed by atoms with Gasteiger partial charge < -0.3 is 4.74 Å². The van der Waals surface area contributed by atoms with Crippen LogP contribution in [0.5, 0.6) is 0 Å². The first kappa shape index (κ1) is 9.99. The minimum absolute atomic E-state index is 0.226. The number of hydrogen-bond donors (Lipinski definition) is 0. The number of carbonyl (C=O) groups is 2. The van der Waals surface area contributed by atoms with Crippen LogP contribution in [-0.2, 0) is 9.53 Å². The first-order valence-electron chi connectivity index (χ1n) is 3.59. The molecule has 1 heterocycles. The predicted octanol–water partition coefficient (Wildman–Crippen LogP) is 0.288. The van der Waals surface area contributed by atoms with Crippen molar-refractivity contribution < 1.29 is 14.3 Å². The fraction of sp³-hybridized carbons (Fsp3) is 0.250. The zero-order chi connectivity index (χ0) is 9.84. The van der Waals surface area contributed by atoms with Crippen molar-refractivity contribution >= 4 is 35.7 Å². The molecule has 0 saturated carbocycles. The summed E-state index contributed by atoms with van der Waals surface area (Å²) in [5, 5.41) is 0. The van der Waals surface area contributed by atoms with E-state index in [4.69, 9.17) is 7.85 Å². The molecule has 0 atom stereocenters. The van der Waals surface area contributed by atoms with Crippen LogP contribution >= 0.6 is 11.3 Å². The second-order valence-electron chi connectivity index (χ2n) is 2.38. The van der Waals surface area contributed by atoms with E-state index in [0.29, 0.717) is 9.65 Å². The summed E-state index contributed by atoms with van der Waals surface area (Å²) in [6.07, 6.45) is -0.226. The smallest absolute Gasteiger partial charge is 0.313 e. The van der Waals surface area contributed by atoms with Crippen molar-refractivity contribution in [3.63, 3.8) is 0 Å². The Labute approximate surface area is 81.1 Å². The normalized spacial score (nSPS) is 9.62. The molecule has 2 radical (unpaired) electrons. The number of esters is 1. The van der Waals surface area contributed by atoms with Crippen molar-refractivity contribution in [3.05, 3.63) is 17.0 Å². The van der Waals surface area contributed by atoms with Gasteiger partial charge in [-0.2, -0.15) is 0 Å². The van der Waals surface area contributed by atoms with Gasteiger partial charge in [0.25, 0.3) is 0 Å². The van der Waals surface area contributed by atoms with Gasteiger partial charge in [0.05, 0.1) is 12.0 Å². The summed E-state index contributed by atoms with van der Waals surface area (Å²) in [5.74, 6) is -0.787. The maximum atomic E-state index is 11.3. The molecule has 0 aliphatic carbocycles. The van der Waals surface area contributed by atoms with Gasteiger partial charge in [-0.15, -0.1) is 11.3 Å². The van der Waals surface area contributed by atoms with E-state index < -0.39 is 5.97 Å². The summed E-state index contributed by atoms with van der Waals surface area (Å²) < 4.78 is 4.93. The highest BCUT2D eigenvalue weighted by molar-refractivity contribution is 7.21. The largest absolute Gasteiger partial charge is 0.469 e. The third kappa shape index (κ3) is 2.70. The number of hydrogen-bond acceptors (Lipinski definition) is 4. The maximum absolute atomic E-state index is 11.3.